The Labute approximate surface area is 151 Å². The van der Waals surface area contributed by atoms with E-state index in [1.807, 2.05) is 13.0 Å². The number of fused-ring (bicyclic) bond motifs is 1. The lowest BCUT2D eigenvalue weighted by atomic mass is 9.69. The second-order valence-corrected chi connectivity index (χ2v) is 7.83. The van der Waals surface area contributed by atoms with Crippen molar-refractivity contribution in [1.29, 1.82) is 0 Å². The predicted molar refractivity (Wildman–Crippen MR) is 96.4 cm³/mol. The van der Waals surface area contributed by atoms with Crippen LogP contribution in [0.2, 0.25) is 0 Å². The molecular formula is C20H22N2O4. The number of benzene rings is 1. The summed E-state index contributed by atoms with van der Waals surface area (Å²) in [5.41, 5.74) is 4.03. The van der Waals surface area contributed by atoms with Crippen LogP contribution in [0.25, 0.3) is 0 Å². The molecule has 26 heavy (non-hydrogen) atoms. The third kappa shape index (κ3) is 2.48. The minimum Gasteiger partial charge on any atom is -0.504 e. The molecule has 0 saturated heterocycles. The number of rotatable bonds is 2. The number of carbonyl (C=O) groups excluding carboxylic acids is 1. The Morgan fingerprint density at radius 2 is 2.12 bits per heavy atom. The van der Waals surface area contributed by atoms with Gasteiger partial charge >= 0.3 is 0 Å². The van der Waals surface area contributed by atoms with Crippen molar-refractivity contribution in [2.75, 3.05) is 12.4 Å². The van der Waals surface area contributed by atoms with Gasteiger partial charge in [-0.1, -0.05) is 25.1 Å². The highest BCUT2D eigenvalue weighted by Gasteiger charge is 2.43. The second kappa shape index (κ2) is 5.62. The number of aromatic hydroxyl groups is 1. The SMILES string of the molecule is COc1cc([C@H]2C3=C(CC(C)(C)CC3=O)Nc3onc(C)c32)ccc1O. The fourth-order valence-electron chi connectivity index (χ4n) is 4.08. The summed E-state index contributed by atoms with van der Waals surface area (Å²) in [6.07, 6.45) is 1.26. The molecule has 0 saturated carbocycles. The molecule has 0 fully saturated rings. The number of aryl methyl sites for hydroxylation is 1. The molecule has 0 unspecified atom stereocenters. The van der Waals surface area contributed by atoms with Gasteiger partial charge in [0.25, 0.3) is 0 Å². The number of ether oxygens (including phenoxy) is 1. The van der Waals surface area contributed by atoms with Gasteiger partial charge < -0.3 is 19.7 Å². The number of nitrogens with zero attached hydrogens (tertiary/aromatic N) is 1. The first-order valence-corrected chi connectivity index (χ1v) is 8.67. The van der Waals surface area contributed by atoms with E-state index in [1.165, 1.54) is 7.11 Å². The maximum Gasteiger partial charge on any atom is 0.233 e. The lowest BCUT2D eigenvalue weighted by Gasteiger charge is -2.37. The van der Waals surface area contributed by atoms with E-state index in [1.54, 1.807) is 12.1 Å². The highest BCUT2D eigenvalue weighted by atomic mass is 16.5. The minimum absolute atomic E-state index is 0.0674. The van der Waals surface area contributed by atoms with Gasteiger partial charge in [-0.2, -0.15) is 0 Å². The molecule has 1 aliphatic heterocycles. The average Bonchev–Trinajstić information content (AvgIpc) is 2.93. The molecule has 1 aromatic carbocycles. The van der Waals surface area contributed by atoms with E-state index in [9.17, 15) is 9.90 Å². The summed E-state index contributed by atoms with van der Waals surface area (Å²) in [5, 5.41) is 17.3. The lowest BCUT2D eigenvalue weighted by molar-refractivity contribution is -0.118. The van der Waals surface area contributed by atoms with E-state index in [0.717, 1.165) is 34.5 Å². The van der Waals surface area contributed by atoms with Gasteiger partial charge in [-0.25, -0.2) is 0 Å². The van der Waals surface area contributed by atoms with E-state index >= 15 is 0 Å². The topological polar surface area (TPSA) is 84.6 Å². The fraction of sp³-hybridized carbons (Fsp3) is 0.400. The Morgan fingerprint density at radius 3 is 2.85 bits per heavy atom. The number of Topliss-reactive ketones (excluding diaryl/α,β-unsaturated/α-hetero) is 1. The largest absolute Gasteiger partial charge is 0.504 e. The van der Waals surface area contributed by atoms with E-state index in [0.29, 0.717) is 18.1 Å². The molecule has 0 bridgehead atoms. The smallest absolute Gasteiger partial charge is 0.233 e. The minimum atomic E-state index is -0.286. The Bertz CT molecular complexity index is 939. The van der Waals surface area contributed by atoms with Crippen LogP contribution >= 0.6 is 0 Å². The van der Waals surface area contributed by atoms with Crippen LogP contribution in [0.3, 0.4) is 0 Å². The number of carbonyl (C=O) groups is 1. The zero-order chi connectivity index (χ0) is 18.6. The molecule has 1 aliphatic carbocycles. The fourth-order valence-corrected chi connectivity index (χ4v) is 4.08. The van der Waals surface area contributed by atoms with Gasteiger partial charge in [-0.05, 0) is 36.5 Å². The van der Waals surface area contributed by atoms with Crippen LogP contribution in [0.4, 0.5) is 5.88 Å². The van der Waals surface area contributed by atoms with Crippen LogP contribution in [0.15, 0.2) is 34.0 Å². The number of phenols is 1. The van der Waals surface area contributed by atoms with Gasteiger partial charge in [-0.15, -0.1) is 0 Å². The van der Waals surface area contributed by atoms with Crippen LogP contribution in [-0.4, -0.2) is 23.2 Å². The Morgan fingerprint density at radius 1 is 1.35 bits per heavy atom. The molecule has 6 nitrogen and oxygen atoms in total. The third-order valence-electron chi connectivity index (χ3n) is 5.21. The molecule has 6 heteroatoms. The summed E-state index contributed by atoms with van der Waals surface area (Å²) in [7, 11) is 1.51. The standard InChI is InChI=1S/C20H22N2O4/c1-10-16-17(11-5-6-13(23)15(7-11)25-4)18-12(21-19(16)26-22-10)8-20(2,3)9-14(18)24/h5-7,17,21,23H,8-9H2,1-4H3/t17-/m1/s1. The molecule has 0 radical (unpaired) electrons. The van der Waals surface area contributed by atoms with Crippen molar-refractivity contribution in [1.82, 2.24) is 5.16 Å². The van der Waals surface area contributed by atoms with Gasteiger partial charge in [-0.3, -0.25) is 4.79 Å². The van der Waals surface area contributed by atoms with E-state index in [-0.39, 0.29) is 22.9 Å². The summed E-state index contributed by atoms with van der Waals surface area (Å²) in [5.74, 6) is 0.876. The Balaban J connectivity index is 1.94. The van der Waals surface area contributed by atoms with E-state index < -0.39 is 0 Å². The van der Waals surface area contributed by atoms with E-state index in [2.05, 4.69) is 24.3 Å². The zero-order valence-corrected chi connectivity index (χ0v) is 15.3. The Kier molecular flexibility index (Phi) is 3.61. The molecule has 2 aromatic rings. The van der Waals surface area contributed by atoms with Crippen LogP contribution in [-0.2, 0) is 4.79 Å². The second-order valence-electron chi connectivity index (χ2n) is 7.83. The third-order valence-corrected chi connectivity index (χ3v) is 5.21. The summed E-state index contributed by atoms with van der Waals surface area (Å²) >= 11 is 0. The van der Waals surface area contributed by atoms with E-state index in [4.69, 9.17) is 9.26 Å². The molecule has 1 atom stereocenters. The first-order valence-electron chi connectivity index (χ1n) is 8.67. The first-order chi connectivity index (χ1) is 12.3. The van der Waals surface area contributed by atoms with Gasteiger partial charge in [0.05, 0.1) is 18.4 Å². The quantitative estimate of drug-likeness (QED) is 0.851. The molecule has 2 aliphatic rings. The summed E-state index contributed by atoms with van der Waals surface area (Å²) in [4.78, 5) is 13.1. The molecule has 4 rings (SSSR count). The summed E-state index contributed by atoms with van der Waals surface area (Å²) < 4.78 is 10.8. The number of allylic oxidation sites excluding steroid dienone is 2. The average molecular weight is 354 g/mol. The van der Waals surface area contributed by atoms with Crippen molar-refractivity contribution < 1.29 is 19.2 Å². The zero-order valence-electron chi connectivity index (χ0n) is 15.3. The summed E-state index contributed by atoms with van der Waals surface area (Å²) in [6.45, 7) is 6.06. The number of hydrogen-bond acceptors (Lipinski definition) is 6. The number of phenolic OH excluding ortho intramolecular Hbond substituents is 1. The number of anilines is 1. The Hall–Kier alpha value is -2.76. The van der Waals surface area contributed by atoms with Crippen molar-refractivity contribution in [3.8, 4) is 11.5 Å². The number of nitrogens with one attached hydrogen (secondary N) is 1. The monoisotopic (exact) mass is 354 g/mol. The summed E-state index contributed by atoms with van der Waals surface area (Å²) in [6, 6.07) is 5.19. The first kappa shape index (κ1) is 16.7. The van der Waals surface area contributed by atoms with Crippen LogP contribution < -0.4 is 10.1 Å². The predicted octanol–water partition coefficient (Wildman–Crippen LogP) is 3.90. The molecule has 0 spiro atoms. The van der Waals surface area contributed by atoms with Crippen molar-refractivity contribution >= 4 is 11.7 Å². The van der Waals surface area contributed by atoms with Crippen LogP contribution in [0.5, 0.6) is 11.5 Å². The number of ketones is 1. The highest BCUT2D eigenvalue weighted by molar-refractivity contribution is 6.01. The molecule has 136 valence electrons. The molecule has 2 N–H and O–H groups in total. The maximum atomic E-state index is 13.1. The van der Waals surface area contributed by atoms with Gasteiger partial charge in [0, 0.05) is 23.6 Å². The van der Waals surface area contributed by atoms with Crippen LogP contribution in [0.1, 0.15) is 49.4 Å². The van der Waals surface area contributed by atoms with Crippen molar-refractivity contribution in [2.45, 2.75) is 39.5 Å². The van der Waals surface area contributed by atoms with Gasteiger partial charge in [0.1, 0.15) is 0 Å². The maximum absolute atomic E-state index is 13.1. The molecular weight excluding hydrogens is 332 g/mol. The highest BCUT2D eigenvalue weighted by Crippen LogP contribution is 2.50. The van der Waals surface area contributed by atoms with Crippen LogP contribution in [0, 0.1) is 12.3 Å². The molecule has 1 aromatic heterocycles. The van der Waals surface area contributed by atoms with Crippen molar-refractivity contribution in [3.05, 3.63) is 46.3 Å². The van der Waals surface area contributed by atoms with Gasteiger partial charge in [0.15, 0.2) is 17.3 Å². The number of methoxy groups -OCH3 is 1. The molecule has 0 amide bonds. The van der Waals surface area contributed by atoms with Gasteiger partial charge in [0.2, 0.25) is 5.88 Å². The number of hydrogen-bond donors (Lipinski definition) is 2. The van der Waals surface area contributed by atoms with Crippen molar-refractivity contribution in [3.63, 3.8) is 0 Å². The normalized spacial score (nSPS) is 21.1. The van der Waals surface area contributed by atoms with Crippen molar-refractivity contribution in [2.24, 2.45) is 5.41 Å². The number of aromatic nitrogens is 1. The lowest BCUT2D eigenvalue weighted by Crippen LogP contribution is -2.33. The molecule has 2 heterocycles.